The Morgan fingerprint density at radius 1 is 1.73 bits per heavy atom. The molecule has 4 nitrogen and oxygen atoms in total. The van der Waals surface area contributed by atoms with Crippen molar-refractivity contribution in [3.63, 3.8) is 0 Å². The summed E-state index contributed by atoms with van der Waals surface area (Å²) in [6.45, 7) is 0.663. The van der Waals surface area contributed by atoms with Crippen LogP contribution >= 0.6 is 11.8 Å². The fourth-order valence-corrected chi connectivity index (χ4v) is 1.40. The van der Waals surface area contributed by atoms with E-state index in [1.165, 1.54) is 11.8 Å². The Morgan fingerprint density at radius 3 is 3.20 bits per heavy atom. The molecule has 0 bridgehead atoms. The van der Waals surface area contributed by atoms with Gasteiger partial charge in [0.1, 0.15) is 0 Å². The van der Waals surface area contributed by atoms with Gasteiger partial charge >= 0.3 is 0 Å². The normalized spacial score (nSPS) is 10.8. The van der Waals surface area contributed by atoms with E-state index in [4.69, 9.17) is 5.26 Å². The quantitative estimate of drug-likeness (QED) is 0.362. The van der Waals surface area contributed by atoms with Crippen molar-refractivity contribution in [2.24, 2.45) is 4.99 Å². The van der Waals surface area contributed by atoms with E-state index in [9.17, 15) is 0 Å². The molecule has 15 heavy (non-hydrogen) atoms. The van der Waals surface area contributed by atoms with E-state index in [2.05, 4.69) is 15.3 Å². The maximum absolute atomic E-state index is 8.42. The third-order valence-electron chi connectivity index (χ3n) is 1.73. The highest BCUT2D eigenvalue weighted by molar-refractivity contribution is 8.13. The number of thioether (sulfide) groups is 1. The Hall–Kier alpha value is -1.54. The van der Waals surface area contributed by atoms with Crippen LogP contribution < -0.4 is 5.32 Å². The number of aliphatic imine (C=N–C) groups is 1. The minimum atomic E-state index is 0.654. The van der Waals surface area contributed by atoms with E-state index in [1.807, 2.05) is 30.8 Å². The lowest BCUT2D eigenvalue weighted by Crippen LogP contribution is -2.13. The first-order valence-electron chi connectivity index (χ1n) is 4.49. The van der Waals surface area contributed by atoms with Crippen LogP contribution in [0.1, 0.15) is 5.56 Å². The van der Waals surface area contributed by atoms with Crippen LogP contribution in [0.5, 0.6) is 0 Å². The molecule has 0 aliphatic carbocycles. The second-order valence-electron chi connectivity index (χ2n) is 2.74. The van der Waals surface area contributed by atoms with Crippen LogP contribution in [0.25, 0.3) is 0 Å². The largest absolute Gasteiger partial charge is 0.272 e. The molecule has 0 saturated heterocycles. The summed E-state index contributed by atoms with van der Waals surface area (Å²) in [5.74, 6) is 0. The van der Waals surface area contributed by atoms with E-state index >= 15 is 0 Å². The van der Waals surface area contributed by atoms with Gasteiger partial charge in [0.15, 0.2) is 11.4 Å². The monoisotopic (exact) mass is 220 g/mol. The lowest BCUT2D eigenvalue weighted by atomic mass is 10.2. The highest BCUT2D eigenvalue weighted by Gasteiger charge is 1.94. The van der Waals surface area contributed by atoms with Crippen LogP contribution in [0.2, 0.25) is 0 Å². The fraction of sp³-hybridized carbons (Fsp3) is 0.300. The highest BCUT2D eigenvalue weighted by atomic mass is 32.2. The number of nitrogens with one attached hydrogen (secondary N) is 1. The van der Waals surface area contributed by atoms with Gasteiger partial charge in [-0.1, -0.05) is 17.8 Å². The van der Waals surface area contributed by atoms with Crippen LogP contribution in [0.15, 0.2) is 29.5 Å². The summed E-state index contributed by atoms with van der Waals surface area (Å²) in [7, 11) is 0. The van der Waals surface area contributed by atoms with Crippen molar-refractivity contribution in [3.8, 4) is 6.19 Å². The molecule has 0 spiro atoms. The maximum atomic E-state index is 8.42. The zero-order valence-electron chi connectivity index (χ0n) is 8.47. The van der Waals surface area contributed by atoms with Gasteiger partial charge in [-0.25, -0.2) is 0 Å². The zero-order chi connectivity index (χ0) is 10.9. The van der Waals surface area contributed by atoms with Gasteiger partial charge in [0, 0.05) is 18.9 Å². The Kier molecular flexibility index (Phi) is 5.26. The first-order valence-corrected chi connectivity index (χ1v) is 5.71. The average Bonchev–Trinajstić information content (AvgIpc) is 2.29. The third kappa shape index (κ3) is 4.47. The minimum absolute atomic E-state index is 0.654. The summed E-state index contributed by atoms with van der Waals surface area (Å²) in [6, 6.07) is 3.92. The number of amidine groups is 1. The van der Waals surface area contributed by atoms with Crippen LogP contribution in [0, 0.1) is 11.5 Å². The Balaban J connectivity index is 2.41. The molecule has 0 aliphatic heterocycles. The Bertz CT molecular complexity index is 355. The van der Waals surface area contributed by atoms with Crippen molar-refractivity contribution in [1.82, 2.24) is 10.3 Å². The zero-order valence-corrected chi connectivity index (χ0v) is 9.29. The molecule has 1 N–H and O–H groups in total. The molecule has 0 fully saturated rings. The Labute approximate surface area is 93.4 Å². The molecule has 0 aliphatic rings. The molecule has 78 valence electrons. The SMILES string of the molecule is CSC(=NCCc1cccnc1)NC#N. The van der Waals surface area contributed by atoms with E-state index in [0.717, 1.165) is 12.0 Å². The van der Waals surface area contributed by atoms with Crippen molar-refractivity contribution in [2.45, 2.75) is 6.42 Å². The lowest BCUT2D eigenvalue weighted by molar-refractivity contribution is 0.955. The first-order chi connectivity index (χ1) is 7.36. The number of hydrogen-bond donors (Lipinski definition) is 1. The predicted octanol–water partition coefficient (Wildman–Crippen LogP) is 1.41. The van der Waals surface area contributed by atoms with Crippen molar-refractivity contribution in [3.05, 3.63) is 30.1 Å². The van der Waals surface area contributed by atoms with Gasteiger partial charge < -0.3 is 0 Å². The molecule has 0 radical (unpaired) electrons. The molecule has 0 saturated carbocycles. The van der Waals surface area contributed by atoms with Crippen molar-refractivity contribution < 1.29 is 0 Å². The van der Waals surface area contributed by atoms with E-state index in [0.29, 0.717) is 11.7 Å². The van der Waals surface area contributed by atoms with Gasteiger partial charge in [-0.15, -0.1) is 0 Å². The number of nitrogens with zero attached hydrogens (tertiary/aromatic N) is 3. The predicted molar refractivity (Wildman–Crippen MR) is 62.5 cm³/mol. The van der Waals surface area contributed by atoms with Crippen molar-refractivity contribution >= 4 is 16.9 Å². The van der Waals surface area contributed by atoms with Crippen LogP contribution in [0.3, 0.4) is 0 Å². The van der Waals surface area contributed by atoms with Gasteiger partial charge in [-0.05, 0) is 24.3 Å². The summed E-state index contributed by atoms with van der Waals surface area (Å²) in [5.41, 5.74) is 1.15. The number of aromatic nitrogens is 1. The number of pyridine rings is 1. The summed E-state index contributed by atoms with van der Waals surface area (Å²) in [4.78, 5) is 8.26. The molecule has 1 aromatic heterocycles. The fourth-order valence-electron chi connectivity index (χ4n) is 1.04. The summed E-state index contributed by atoms with van der Waals surface area (Å²) < 4.78 is 0. The van der Waals surface area contributed by atoms with E-state index in [-0.39, 0.29) is 0 Å². The summed E-state index contributed by atoms with van der Waals surface area (Å²) in [5, 5.41) is 11.6. The second kappa shape index (κ2) is 6.85. The Morgan fingerprint density at radius 2 is 2.60 bits per heavy atom. The lowest BCUT2D eigenvalue weighted by Gasteiger charge is -1.99. The molecule has 1 heterocycles. The molecule has 0 unspecified atom stereocenters. The van der Waals surface area contributed by atoms with Gasteiger partial charge in [-0.2, -0.15) is 5.26 Å². The van der Waals surface area contributed by atoms with Gasteiger partial charge in [-0.3, -0.25) is 15.3 Å². The standard InChI is InChI=1S/C10H12N4S/c1-15-10(14-8-11)13-6-4-9-3-2-5-12-7-9/h2-3,5,7H,4,6H2,1H3,(H,13,14). The molecule has 0 atom stereocenters. The average molecular weight is 220 g/mol. The summed E-state index contributed by atoms with van der Waals surface area (Å²) >= 11 is 1.43. The maximum Gasteiger partial charge on any atom is 0.183 e. The van der Waals surface area contributed by atoms with Gasteiger partial charge in [0.2, 0.25) is 0 Å². The molecule has 0 amide bonds. The van der Waals surface area contributed by atoms with Crippen molar-refractivity contribution in [1.29, 1.82) is 5.26 Å². The molecule has 0 aromatic carbocycles. The minimum Gasteiger partial charge on any atom is -0.272 e. The second-order valence-corrected chi connectivity index (χ2v) is 3.53. The van der Waals surface area contributed by atoms with Gasteiger partial charge in [0.25, 0.3) is 0 Å². The molecule has 1 rings (SSSR count). The van der Waals surface area contributed by atoms with Gasteiger partial charge in [0.05, 0.1) is 0 Å². The number of hydrogen-bond acceptors (Lipinski definition) is 4. The number of nitriles is 1. The number of rotatable bonds is 3. The van der Waals surface area contributed by atoms with Crippen LogP contribution in [-0.2, 0) is 6.42 Å². The van der Waals surface area contributed by atoms with E-state index in [1.54, 1.807) is 6.20 Å². The molecular weight excluding hydrogens is 208 g/mol. The first kappa shape index (κ1) is 11.5. The molecular formula is C10H12N4S. The topological polar surface area (TPSA) is 61.1 Å². The molecule has 1 aromatic rings. The van der Waals surface area contributed by atoms with Crippen molar-refractivity contribution in [2.75, 3.05) is 12.8 Å². The van der Waals surface area contributed by atoms with Crippen LogP contribution in [0.4, 0.5) is 0 Å². The highest BCUT2D eigenvalue weighted by Crippen LogP contribution is 1.99. The smallest absolute Gasteiger partial charge is 0.183 e. The molecule has 5 heteroatoms. The summed E-state index contributed by atoms with van der Waals surface area (Å²) in [6.07, 6.45) is 8.15. The third-order valence-corrected chi connectivity index (χ3v) is 2.35. The van der Waals surface area contributed by atoms with E-state index < -0.39 is 0 Å². The van der Waals surface area contributed by atoms with Crippen LogP contribution in [-0.4, -0.2) is 23.0 Å².